The smallest absolute Gasteiger partial charge is 0.357 e. The standard InChI is InChI=1S/C20H30F3N5O.HI/c1-3-25-19(27-12-16-8-10-28(13-16)14-20(21,22)23)26-9-7-15-5-4-6-17(11-15)18(29)24-2;/h4-6,11,16H,3,7-10,12-14H2,1-2H3,(H,24,29)(H2,25,26,27);1H. The maximum Gasteiger partial charge on any atom is 0.401 e. The molecule has 6 nitrogen and oxygen atoms in total. The molecule has 1 amide bonds. The molecule has 0 aromatic heterocycles. The molecule has 30 heavy (non-hydrogen) atoms. The van der Waals surface area contributed by atoms with Gasteiger partial charge in [-0.3, -0.25) is 14.7 Å². The van der Waals surface area contributed by atoms with Crippen LogP contribution in [-0.2, 0) is 6.42 Å². The molecule has 1 aliphatic heterocycles. The molecule has 3 N–H and O–H groups in total. The predicted molar refractivity (Wildman–Crippen MR) is 124 cm³/mol. The highest BCUT2D eigenvalue weighted by Crippen LogP contribution is 2.22. The molecule has 0 radical (unpaired) electrons. The lowest BCUT2D eigenvalue weighted by Gasteiger charge is -2.17. The van der Waals surface area contributed by atoms with E-state index in [9.17, 15) is 18.0 Å². The number of amides is 1. The minimum atomic E-state index is -4.15. The summed E-state index contributed by atoms with van der Waals surface area (Å²) in [7, 11) is 1.60. The molecule has 0 aliphatic carbocycles. The van der Waals surface area contributed by atoms with Gasteiger partial charge in [-0.15, -0.1) is 24.0 Å². The zero-order chi connectivity index (χ0) is 21.3. The van der Waals surface area contributed by atoms with E-state index in [1.807, 2.05) is 25.1 Å². The lowest BCUT2D eigenvalue weighted by Crippen LogP contribution is -2.39. The summed E-state index contributed by atoms with van der Waals surface area (Å²) in [5.74, 6) is 0.673. The number of benzene rings is 1. The van der Waals surface area contributed by atoms with E-state index in [2.05, 4.69) is 20.9 Å². The van der Waals surface area contributed by atoms with Gasteiger partial charge in [0.1, 0.15) is 0 Å². The van der Waals surface area contributed by atoms with Crippen LogP contribution in [0.5, 0.6) is 0 Å². The Labute approximate surface area is 193 Å². The lowest BCUT2D eigenvalue weighted by molar-refractivity contribution is -0.143. The van der Waals surface area contributed by atoms with E-state index in [-0.39, 0.29) is 35.8 Å². The average Bonchev–Trinajstić information content (AvgIpc) is 3.11. The third-order valence-corrected chi connectivity index (χ3v) is 4.75. The number of aliphatic imine (C=N–C) groups is 1. The van der Waals surface area contributed by atoms with Crippen molar-refractivity contribution >= 4 is 35.8 Å². The third kappa shape index (κ3) is 9.50. The van der Waals surface area contributed by atoms with Crippen LogP contribution < -0.4 is 16.0 Å². The summed E-state index contributed by atoms with van der Waals surface area (Å²) in [6.45, 7) is 3.83. The fraction of sp³-hybridized carbons (Fsp3) is 0.600. The second-order valence-corrected chi connectivity index (χ2v) is 7.18. The van der Waals surface area contributed by atoms with Crippen LogP contribution in [0.15, 0.2) is 29.3 Å². The minimum Gasteiger partial charge on any atom is -0.357 e. The zero-order valence-electron chi connectivity index (χ0n) is 17.4. The van der Waals surface area contributed by atoms with Crippen molar-refractivity contribution in [3.63, 3.8) is 0 Å². The highest BCUT2D eigenvalue weighted by atomic mass is 127. The van der Waals surface area contributed by atoms with Crippen molar-refractivity contribution in [2.24, 2.45) is 10.9 Å². The molecule has 1 atom stereocenters. The first kappa shape index (κ1) is 26.5. The molecule has 1 heterocycles. The van der Waals surface area contributed by atoms with Gasteiger partial charge in [0.2, 0.25) is 0 Å². The first-order valence-electron chi connectivity index (χ1n) is 9.93. The van der Waals surface area contributed by atoms with Gasteiger partial charge in [0.15, 0.2) is 5.96 Å². The summed E-state index contributed by atoms with van der Waals surface area (Å²) in [4.78, 5) is 17.7. The molecule has 10 heteroatoms. The van der Waals surface area contributed by atoms with Gasteiger partial charge >= 0.3 is 6.18 Å². The maximum atomic E-state index is 12.5. The summed E-state index contributed by atoms with van der Waals surface area (Å²) in [6.07, 6.45) is -2.70. The highest BCUT2D eigenvalue weighted by molar-refractivity contribution is 14.0. The fourth-order valence-corrected chi connectivity index (χ4v) is 3.36. The Kier molecular flexibility index (Phi) is 11.5. The molecular weight excluding hydrogens is 510 g/mol. The van der Waals surface area contributed by atoms with Crippen molar-refractivity contribution in [3.05, 3.63) is 35.4 Å². The van der Waals surface area contributed by atoms with Gasteiger partial charge in [0, 0.05) is 38.8 Å². The number of alkyl halides is 3. The number of guanidine groups is 1. The van der Waals surface area contributed by atoms with Crippen LogP contribution in [0.25, 0.3) is 0 Å². The van der Waals surface area contributed by atoms with E-state index in [4.69, 9.17) is 0 Å². The number of nitrogens with zero attached hydrogens (tertiary/aromatic N) is 2. The van der Waals surface area contributed by atoms with Crippen molar-refractivity contribution in [3.8, 4) is 0 Å². The first-order chi connectivity index (χ1) is 13.8. The number of hydrogen-bond donors (Lipinski definition) is 3. The maximum absolute atomic E-state index is 12.5. The van der Waals surface area contributed by atoms with Crippen molar-refractivity contribution in [2.45, 2.75) is 25.9 Å². The molecule has 1 fully saturated rings. The van der Waals surface area contributed by atoms with Gasteiger partial charge < -0.3 is 16.0 Å². The molecule has 1 aromatic rings. The summed E-state index contributed by atoms with van der Waals surface area (Å²) in [6, 6.07) is 7.45. The molecule has 0 bridgehead atoms. The van der Waals surface area contributed by atoms with Crippen molar-refractivity contribution in [2.75, 3.05) is 46.3 Å². The second-order valence-electron chi connectivity index (χ2n) is 7.18. The van der Waals surface area contributed by atoms with E-state index >= 15 is 0 Å². The van der Waals surface area contributed by atoms with Gasteiger partial charge in [0.05, 0.1) is 6.54 Å². The largest absolute Gasteiger partial charge is 0.401 e. The summed E-state index contributed by atoms with van der Waals surface area (Å²) < 4.78 is 37.5. The SMILES string of the molecule is CCNC(=NCC1CCN(CC(F)(F)F)C1)NCCc1cccc(C(=O)NC)c1.I. The Balaban J connectivity index is 0.00000450. The first-order valence-corrected chi connectivity index (χ1v) is 9.93. The molecule has 1 aromatic carbocycles. The predicted octanol–water partition coefficient (Wildman–Crippen LogP) is 2.65. The monoisotopic (exact) mass is 541 g/mol. The molecule has 1 unspecified atom stereocenters. The van der Waals surface area contributed by atoms with Crippen molar-refractivity contribution in [1.29, 1.82) is 0 Å². The summed E-state index contributed by atoms with van der Waals surface area (Å²) >= 11 is 0. The Morgan fingerprint density at radius 1 is 1.30 bits per heavy atom. The Hall–Kier alpha value is -1.56. The summed E-state index contributed by atoms with van der Waals surface area (Å²) in [5, 5.41) is 9.02. The fourth-order valence-electron chi connectivity index (χ4n) is 3.36. The van der Waals surface area contributed by atoms with Crippen LogP contribution in [0.4, 0.5) is 13.2 Å². The van der Waals surface area contributed by atoms with Gasteiger partial charge in [-0.05, 0) is 49.9 Å². The topological polar surface area (TPSA) is 68.8 Å². The number of nitrogens with one attached hydrogen (secondary N) is 3. The van der Waals surface area contributed by atoms with E-state index in [0.29, 0.717) is 44.2 Å². The van der Waals surface area contributed by atoms with Gasteiger partial charge in [-0.25, -0.2) is 0 Å². The molecule has 1 saturated heterocycles. The number of carbonyl (C=O) groups is 1. The van der Waals surface area contributed by atoms with Crippen LogP contribution in [0.1, 0.15) is 29.3 Å². The highest BCUT2D eigenvalue weighted by Gasteiger charge is 2.34. The molecular formula is C20H31F3IN5O. The number of likely N-dealkylation sites (tertiary alicyclic amines) is 1. The molecule has 0 saturated carbocycles. The van der Waals surface area contributed by atoms with E-state index in [1.165, 1.54) is 4.90 Å². The van der Waals surface area contributed by atoms with Crippen molar-refractivity contribution in [1.82, 2.24) is 20.9 Å². The average molecular weight is 541 g/mol. The second kappa shape index (κ2) is 13.0. The van der Waals surface area contributed by atoms with Crippen LogP contribution >= 0.6 is 24.0 Å². The lowest BCUT2D eigenvalue weighted by atomic mass is 10.1. The number of carbonyl (C=O) groups excluding carboxylic acids is 1. The molecule has 1 aliphatic rings. The van der Waals surface area contributed by atoms with Crippen LogP contribution in [-0.4, -0.2) is 69.3 Å². The van der Waals surface area contributed by atoms with E-state index < -0.39 is 12.7 Å². The van der Waals surface area contributed by atoms with Crippen LogP contribution in [0.2, 0.25) is 0 Å². The molecule has 170 valence electrons. The van der Waals surface area contributed by atoms with Gasteiger partial charge in [-0.2, -0.15) is 13.2 Å². The van der Waals surface area contributed by atoms with Crippen LogP contribution in [0.3, 0.4) is 0 Å². The Bertz CT molecular complexity index is 699. The number of hydrogen-bond acceptors (Lipinski definition) is 3. The van der Waals surface area contributed by atoms with Gasteiger partial charge in [-0.1, -0.05) is 12.1 Å². The minimum absolute atomic E-state index is 0. The van der Waals surface area contributed by atoms with E-state index in [0.717, 1.165) is 18.4 Å². The zero-order valence-corrected chi connectivity index (χ0v) is 19.7. The van der Waals surface area contributed by atoms with Gasteiger partial charge in [0.25, 0.3) is 5.91 Å². The van der Waals surface area contributed by atoms with Crippen LogP contribution in [0, 0.1) is 5.92 Å². The molecule has 2 rings (SSSR count). The normalized spacial score (nSPS) is 17.4. The Morgan fingerprint density at radius 3 is 2.73 bits per heavy atom. The number of rotatable bonds is 8. The molecule has 0 spiro atoms. The quantitative estimate of drug-likeness (QED) is 0.269. The van der Waals surface area contributed by atoms with Crippen molar-refractivity contribution < 1.29 is 18.0 Å². The Morgan fingerprint density at radius 2 is 2.07 bits per heavy atom. The summed E-state index contributed by atoms with van der Waals surface area (Å²) in [5.41, 5.74) is 1.66. The number of halogens is 4. The third-order valence-electron chi connectivity index (χ3n) is 4.75. The van der Waals surface area contributed by atoms with E-state index in [1.54, 1.807) is 13.1 Å².